The Labute approximate surface area is 176 Å². The lowest BCUT2D eigenvalue weighted by molar-refractivity contribution is -0.0655. The lowest BCUT2D eigenvalue weighted by Crippen LogP contribution is -2.69. The third kappa shape index (κ3) is 5.21. The van der Waals surface area contributed by atoms with E-state index in [2.05, 4.69) is 88.5 Å². The first-order chi connectivity index (χ1) is 13.6. The Bertz CT molecular complexity index is 777. The van der Waals surface area contributed by atoms with E-state index in [4.69, 9.17) is 9.47 Å². The smallest absolute Gasteiger partial charge is 0.196 e. The van der Waals surface area contributed by atoms with Gasteiger partial charge in [0.25, 0.3) is 0 Å². The van der Waals surface area contributed by atoms with Crippen molar-refractivity contribution in [3.8, 4) is 5.75 Å². The van der Waals surface area contributed by atoms with Crippen LogP contribution >= 0.6 is 0 Å². The SMILES string of the molecule is CC(OCCc1ccccc1)Oc1ccc(C2(CC(C)(C)C)NCC2(C)C)cc1. The maximum atomic E-state index is 5.98. The first-order valence-electron chi connectivity index (χ1n) is 10.8. The second-order valence-corrected chi connectivity index (χ2v) is 10.2. The molecule has 0 radical (unpaired) electrons. The second-order valence-electron chi connectivity index (χ2n) is 10.2. The Balaban J connectivity index is 1.59. The highest BCUT2D eigenvalue weighted by molar-refractivity contribution is 5.36. The van der Waals surface area contributed by atoms with Crippen LogP contribution in [0, 0.1) is 10.8 Å². The summed E-state index contributed by atoms with van der Waals surface area (Å²) in [5.41, 5.74) is 3.12. The summed E-state index contributed by atoms with van der Waals surface area (Å²) in [6.07, 6.45) is 1.72. The van der Waals surface area contributed by atoms with Gasteiger partial charge in [-0.3, -0.25) is 0 Å². The van der Waals surface area contributed by atoms with Crippen LogP contribution in [0.4, 0.5) is 0 Å². The van der Waals surface area contributed by atoms with E-state index in [1.807, 2.05) is 13.0 Å². The van der Waals surface area contributed by atoms with Gasteiger partial charge in [0.05, 0.1) is 12.1 Å². The predicted molar refractivity (Wildman–Crippen MR) is 120 cm³/mol. The van der Waals surface area contributed by atoms with Gasteiger partial charge in [0, 0.05) is 6.54 Å². The third-order valence-corrected chi connectivity index (χ3v) is 6.02. The Morgan fingerprint density at radius 3 is 2.17 bits per heavy atom. The number of hydrogen-bond acceptors (Lipinski definition) is 3. The fraction of sp³-hybridized carbons (Fsp3) is 0.538. The molecule has 0 saturated carbocycles. The van der Waals surface area contributed by atoms with Crippen LogP contribution in [0.2, 0.25) is 0 Å². The molecule has 2 aromatic carbocycles. The van der Waals surface area contributed by atoms with Crippen molar-refractivity contribution in [3.63, 3.8) is 0 Å². The van der Waals surface area contributed by atoms with E-state index in [1.165, 1.54) is 11.1 Å². The highest BCUT2D eigenvalue weighted by Crippen LogP contribution is 2.52. The lowest BCUT2D eigenvalue weighted by Gasteiger charge is -2.60. The van der Waals surface area contributed by atoms with Gasteiger partial charge in [0.15, 0.2) is 6.29 Å². The zero-order valence-corrected chi connectivity index (χ0v) is 18.9. The number of ether oxygens (including phenoxy) is 2. The Hall–Kier alpha value is -1.84. The molecule has 1 saturated heterocycles. The van der Waals surface area contributed by atoms with Crippen molar-refractivity contribution in [1.29, 1.82) is 0 Å². The first kappa shape index (κ1) is 21.9. The molecule has 2 unspecified atom stereocenters. The van der Waals surface area contributed by atoms with Gasteiger partial charge >= 0.3 is 0 Å². The summed E-state index contributed by atoms with van der Waals surface area (Å²) >= 11 is 0. The standard InChI is InChI=1S/C26H37NO2/c1-20(28-17-16-21-10-8-7-9-11-21)29-23-14-12-22(13-15-23)26(18-24(2,3)4)25(5,6)19-27-26/h7-15,20,27H,16-19H2,1-6H3. The van der Waals surface area contributed by atoms with Gasteiger partial charge in [0.1, 0.15) is 5.75 Å². The predicted octanol–water partition coefficient (Wildman–Crippen LogP) is 5.93. The molecule has 29 heavy (non-hydrogen) atoms. The van der Waals surface area contributed by atoms with Crippen molar-refractivity contribution < 1.29 is 9.47 Å². The lowest BCUT2D eigenvalue weighted by atomic mass is 9.57. The van der Waals surface area contributed by atoms with Gasteiger partial charge in [-0.2, -0.15) is 0 Å². The van der Waals surface area contributed by atoms with E-state index in [0.717, 1.165) is 25.1 Å². The molecule has 3 rings (SSSR count). The maximum absolute atomic E-state index is 5.98. The Kier molecular flexibility index (Phi) is 6.40. The van der Waals surface area contributed by atoms with E-state index in [9.17, 15) is 0 Å². The average molecular weight is 396 g/mol. The molecule has 0 spiro atoms. The number of nitrogens with one attached hydrogen (secondary N) is 1. The van der Waals surface area contributed by atoms with Crippen molar-refractivity contribution in [2.24, 2.45) is 10.8 Å². The van der Waals surface area contributed by atoms with Crippen molar-refractivity contribution in [2.75, 3.05) is 13.2 Å². The quantitative estimate of drug-likeness (QED) is 0.562. The maximum Gasteiger partial charge on any atom is 0.196 e. The number of benzene rings is 2. The van der Waals surface area contributed by atoms with E-state index in [0.29, 0.717) is 6.61 Å². The minimum atomic E-state index is -0.272. The highest BCUT2D eigenvalue weighted by atomic mass is 16.7. The van der Waals surface area contributed by atoms with Crippen LogP contribution in [-0.2, 0) is 16.7 Å². The van der Waals surface area contributed by atoms with Gasteiger partial charge in [-0.25, -0.2) is 0 Å². The summed E-state index contributed by atoms with van der Waals surface area (Å²) in [7, 11) is 0. The van der Waals surface area contributed by atoms with Crippen molar-refractivity contribution in [3.05, 3.63) is 65.7 Å². The largest absolute Gasteiger partial charge is 0.465 e. The van der Waals surface area contributed by atoms with Gasteiger partial charge in [-0.15, -0.1) is 0 Å². The van der Waals surface area contributed by atoms with Crippen molar-refractivity contribution in [1.82, 2.24) is 5.32 Å². The van der Waals surface area contributed by atoms with Crippen molar-refractivity contribution in [2.45, 2.75) is 66.2 Å². The van der Waals surface area contributed by atoms with Crippen LogP contribution in [0.1, 0.15) is 59.1 Å². The van der Waals surface area contributed by atoms with E-state index in [1.54, 1.807) is 0 Å². The fourth-order valence-electron chi connectivity index (χ4n) is 4.38. The van der Waals surface area contributed by atoms with E-state index in [-0.39, 0.29) is 22.7 Å². The molecule has 1 aliphatic heterocycles. The molecule has 3 heteroatoms. The normalized spacial score (nSPS) is 22.0. The molecule has 1 aliphatic rings. The molecular weight excluding hydrogens is 358 g/mol. The molecule has 2 atom stereocenters. The zero-order valence-electron chi connectivity index (χ0n) is 18.9. The van der Waals surface area contributed by atoms with Crippen LogP contribution < -0.4 is 10.1 Å². The zero-order chi connectivity index (χ0) is 21.1. The molecule has 0 amide bonds. The van der Waals surface area contributed by atoms with Gasteiger partial charge in [-0.05, 0) is 53.9 Å². The molecule has 0 aromatic heterocycles. The monoisotopic (exact) mass is 395 g/mol. The minimum Gasteiger partial charge on any atom is -0.465 e. The average Bonchev–Trinajstić information content (AvgIpc) is 2.66. The summed E-state index contributed by atoms with van der Waals surface area (Å²) in [5.74, 6) is 0.851. The first-order valence-corrected chi connectivity index (χ1v) is 10.8. The van der Waals surface area contributed by atoms with Crippen LogP contribution in [-0.4, -0.2) is 19.4 Å². The molecule has 158 valence electrons. The van der Waals surface area contributed by atoms with Crippen LogP contribution in [0.15, 0.2) is 54.6 Å². The fourth-order valence-corrected chi connectivity index (χ4v) is 4.38. The molecular formula is C26H37NO2. The molecule has 3 nitrogen and oxygen atoms in total. The van der Waals surface area contributed by atoms with Gasteiger partial charge in [-0.1, -0.05) is 77.1 Å². The Morgan fingerprint density at radius 1 is 1.00 bits per heavy atom. The topological polar surface area (TPSA) is 30.5 Å². The summed E-state index contributed by atoms with van der Waals surface area (Å²) in [6.45, 7) is 15.3. The van der Waals surface area contributed by atoms with E-state index >= 15 is 0 Å². The highest BCUT2D eigenvalue weighted by Gasteiger charge is 2.54. The number of hydrogen-bond donors (Lipinski definition) is 1. The van der Waals surface area contributed by atoms with Crippen LogP contribution in [0.3, 0.4) is 0 Å². The van der Waals surface area contributed by atoms with Crippen LogP contribution in [0.5, 0.6) is 5.75 Å². The summed E-state index contributed by atoms with van der Waals surface area (Å²) in [5, 5.41) is 3.76. The molecule has 1 heterocycles. The van der Waals surface area contributed by atoms with Crippen LogP contribution in [0.25, 0.3) is 0 Å². The Morgan fingerprint density at radius 2 is 1.66 bits per heavy atom. The minimum absolute atomic E-state index is 0.0155. The summed E-state index contributed by atoms with van der Waals surface area (Å²) in [4.78, 5) is 0. The third-order valence-electron chi connectivity index (χ3n) is 6.02. The van der Waals surface area contributed by atoms with Gasteiger partial charge in [0.2, 0.25) is 0 Å². The van der Waals surface area contributed by atoms with Crippen molar-refractivity contribution >= 4 is 0 Å². The summed E-state index contributed by atoms with van der Waals surface area (Å²) < 4.78 is 11.8. The second kappa shape index (κ2) is 8.49. The molecule has 0 bridgehead atoms. The summed E-state index contributed by atoms with van der Waals surface area (Å²) in [6, 6.07) is 19.0. The molecule has 1 fully saturated rings. The number of rotatable bonds is 8. The molecule has 1 N–H and O–H groups in total. The van der Waals surface area contributed by atoms with Gasteiger partial charge < -0.3 is 14.8 Å². The molecule has 0 aliphatic carbocycles. The molecule has 2 aromatic rings. The van der Waals surface area contributed by atoms with E-state index < -0.39 is 0 Å².